The van der Waals surface area contributed by atoms with E-state index in [9.17, 15) is 14.5 Å². The van der Waals surface area contributed by atoms with E-state index in [-0.39, 0.29) is 36.5 Å². The van der Waals surface area contributed by atoms with E-state index in [2.05, 4.69) is 10.2 Å². The molecule has 1 atom stereocenters. The van der Waals surface area contributed by atoms with Crippen molar-refractivity contribution in [3.05, 3.63) is 39.7 Å². The van der Waals surface area contributed by atoms with Gasteiger partial charge in [0.05, 0.1) is 4.92 Å². The molecule has 0 amide bonds. The van der Waals surface area contributed by atoms with Gasteiger partial charge in [0.15, 0.2) is 0 Å². The van der Waals surface area contributed by atoms with Crippen LogP contribution in [0.2, 0.25) is 0 Å². The highest BCUT2D eigenvalue weighted by Gasteiger charge is 2.25. The maximum atomic E-state index is 13.3. The maximum Gasteiger partial charge on any atom is 0.274 e. The first-order chi connectivity index (χ1) is 8.59. The van der Waals surface area contributed by atoms with Crippen molar-refractivity contribution in [1.82, 2.24) is 10.2 Å². The van der Waals surface area contributed by atoms with Crippen molar-refractivity contribution in [2.75, 3.05) is 26.2 Å². The van der Waals surface area contributed by atoms with Crippen LogP contribution in [-0.2, 0) is 0 Å². The van der Waals surface area contributed by atoms with Gasteiger partial charge in [-0.1, -0.05) is 0 Å². The number of nitro groups is 1. The van der Waals surface area contributed by atoms with Crippen molar-refractivity contribution in [2.24, 2.45) is 0 Å². The molecule has 0 bridgehead atoms. The summed E-state index contributed by atoms with van der Waals surface area (Å²) >= 11 is 0. The smallest absolute Gasteiger partial charge is 0.274 e. The molecule has 1 aliphatic rings. The average molecular weight is 326 g/mol. The quantitative estimate of drug-likeness (QED) is 0.685. The fraction of sp³-hybridized carbons (Fsp3) is 0.500. The Morgan fingerprint density at radius 2 is 1.95 bits per heavy atom. The van der Waals surface area contributed by atoms with E-state index in [1.54, 1.807) is 0 Å². The lowest BCUT2D eigenvalue weighted by Crippen LogP contribution is -2.44. The first-order valence-electron chi connectivity index (χ1n) is 5.98. The molecular formula is C12H18Cl2FN3O2. The molecule has 2 rings (SSSR count). The summed E-state index contributed by atoms with van der Waals surface area (Å²) in [5, 5.41) is 14.2. The first-order valence-corrected chi connectivity index (χ1v) is 5.98. The van der Waals surface area contributed by atoms with Crippen LogP contribution >= 0.6 is 24.8 Å². The highest BCUT2D eigenvalue weighted by molar-refractivity contribution is 5.85. The molecule has 1 saturated heterocycles. The molecule has 8 heteroatoms. The number of benzene rings is 1. The Kier molecular flexibility index (Phi) is 7.96. The minimum absolute atomic E-state index is 0. The number of nitrogens with zero attached hydrogens (tertiary/aromatic N) is 2. The normalized spacial score (nSPS) is 16.7. The SMILES string of the molecule is C[C@@H](c1cc(F)ccc1[N+](=O)[O-])N1CCNCC1.Cl.Cl. The Hall–Kier alpha value is -0.950. The highest BCUT2D eigenvalue weighted by Crippen LogP contribution is 2.29. The lowest BCUT2D eigenvalue weighted by molar-refractivity contribution is -0.386. The lowest BCUT2D eigenvalue weighted by Gasteiger charge is -2.32. The molecule has 5 nitrogen and oxygen atoms in total. The fourth-order valence-corrected chi connectivity index (χ4v) is 2.29. The van der Waals surface area contributed by atoms with Gasteiger partial charge in [0, 0.05) is 43.9 Å². The van der Waals surface area contributed by atoms with E-state index in [1.165, 1.54) is 12.1 Å². The zero-order valence-electron chi connectivity index (χ0n) is 11.0. The van der Waals surface area contributed by atoms with Gasteiger partial charge in [0.1, 0.15) is 5.82 Å². The van der Waals surface area contributed by atoms with Crippen molar-refractivity contribution < 1.29 is 9.31 Å². The molecule has 114 valence electrons. The molecule has 1 aromatic rings. The van der Waals surface area contributed by atoms with Crippen LogP contribution in [0.5, 0.6) is 0 Å². The average Bonchev–Trinajstić information content (AvgIpc) is 2.38. The van der Waals surface area contributed by atoms with Gasteiger partial charge < -0.3 is 5.32 Å². The second-order valence-electron chi connectivity index (χ2n) is 4.42. The number of hydrogen-bond donors (Lipinski definition) is 1. The fourth-order valence-electron chi connectivity index (χ4n) is 2.29. The Balaban J connectivity index is 0.00000180. The number of nitrogens with one attached hydrogen (secondary N) is 1. The van der Waals surface area contributed by atoms with Gasteiger partial charge in [-0.15, -0.1) is 24.8 Å². The van der Waals surface area contributed by atoms with Crippen LogP contribution in [0.25, 0.3) is 0 Å². The van der Waals surface area contributed by atoms with E-state index in [0.29, 0.717) is 5.56 Å². The minimum Gasteiger partial charge on any atom is -0.314 e. The van der Waals surface area contributed by atoms with Crippen LogP contribution in [0.1, 0.15) is 18.5 Å². The standard InChI is InChI=1S/C12H16FN3O2.2ClH/c1-9(15-6-4-14-5-7-15)11-8-10(13)2-3-12(11)16(17)18;;/h2-3,8-9,14H,4-7H2,1H3;2*1H/t9-;;/m0../s1. The van der Waals surface area contributed by atoms with E-state index >= 15 is 0 Å². The zero-order valence-corrected chi connectivity index (χ0v) is 12.7. The summed E-state index contributed by atoms with van der Waals surface area (Å²) in [6.07, 6.45) is 0. The van der Waals surface area contributed by atoms with Crippen molar-refractivity contribution in [2.45, 2.75) is 13.0 Å². The van der Waals surface area contributed by atoms with Gasteiger partial charge in [0.25, 0.3) is 5.69 Å². The zero-order chi connectivity index (χ0) is 13.1. The summed E-state index contributed by atoms with van der Waals surface area (Å²) in [4.78, 5) is 12.6. The molecule has 0 aromatic heterocycles. The Bertz CT molecular complexity index is 456. The third kappa shape index (κ3) is 4.28. The van der Waals surface area contributed by atoms with Crippen LogP contribution < -0.4 is 5.32 Å². The number of nitro benzene ring substituents is 1. The summed E-state index contributed by atoms with van der Waals surface area (Å²) in [7, 11) is 0. The van der Waals surface area contributed by atoms with Gasteiger partial charge in [0.2, 0.25) is 0 Å². The summed E-state index contributed by atoms with van der Waals surface area (Å²) in [5.74, 6) is -0.433. The molecule has 0 unspecified atom stereocenters. The lowest BCUT2D eigenvalue weighted by atomic mass is 10.0. The number of rotatable bonds is 3. The molecule has 0 saturated carbocycles. The van der Waals surface area contributed by atoms with E-state index in [1.807, 2.05) is 6.92 Å². The van der Waals surface area contributed by atoms with Crippen LogP contribution in [-0.4, -0.2) is 36.0 Å². The molecular weight excluding hydrogens is 308 g/mol. The number of piperazine rings is 1. The third-order valence-corrected chi connectivity index (χ3v) is 3.34. The second-order valence-corrected chi connectivity index (χ2v) is 4.42. The van der Waals surface area contributed by atoms with Gasteiger partial charge in [-0.3, -0.25) is 15.0 Å². The predicted molar refractivity (Wildman–Crippen MR) is 80.4 cm³/mol. The molecule has 1 fully saturated rings. The topological polar surface area (TPSA) is 58.4 Å². The summed E-state index contributed by atoms with van der Waals surface area (Å²) in [6, 6.07) is 3.49. The summed E-state index contributed by atoms with van der Waals surface area (Å²) < 4.78 is 13.3. The van der Waals surface area contributed by atoms with E-state index < -0.39 is 10.7 Å². The van der Waals surface area contributed by atoms with Crippen LogP contribution in [0.4, 0.5) is 10.1 Å². The third-order valence-electron chi connectivity index (χ3n) is 3.34. The van der Waals surface area contributed by atoms with Crippen molar-refractivity contribution in [3.63, 3.8) is 0 Å². The molecule has 1 aromatic carbocycles. The molecule has 1 heterocycles. The van der Waals surface area contributed by atoms with Gasteiger partial charge in [-0.05, 0) is 19.1 Å². The molecule has 0 aliphatic carbocycles. The summed E-state index contributed by atoms with van der Waals surface area (Å²) in [6.45, 7) is 5.22. The van der Waals surface area contributed by atoms with Crippen molar-refractivity contribution in [1.29, 1.82) is 0 Å². The molecule has 0 spiro atoms. The second kappa shape index (κ2) is 8.36. The van der Waals surface area contributed by atoms with Crippen LogP contribution in [0.3, 0.4) is 0 Å². The summed E-state index contributed by atoms with van der Waals surface area (Å²) in [5.41, 5.74) is 0.435. The minimum atomic E-state index is -0.451. The Morgan fingerprint density at radius 1 is 1.35 bits per heavy atom. The monoisotopic (exact) mass is 325 g/mol. The molecule has 20 heavy (non-hydrogen) atoms. The Morgan fingerprint density at radius 3 is 2.50 bits per heavy atom. The van der Waals surface area contributed by atoms with Crippen molar-refractivity contribution in [3.8, 4) is 0 Å². The molecule has 0 radical (unpaired) electrons. The molecule has 1 N–H and O–H groups in total. The van der Waals surface area contributed by atoms with Crippen molar-refractivity contribution >= 4 is 30.5 Å². The first kappa shape index (κ1) is 19.1. The molecule has 1 aliphatic heterocycles. The van der Waals surface area contributed by atoms with Crippen LogP contribution in [0, 0.1) is 15.9 Å². The highest BCUT2D eigenvalue weighted by atomic mass is 35.5. The van der Waals surface area contributed by atoms with Gasteiger partial charge >= 0.3 is 0 Å². The number of halogens is 3. The van der Waals surface area contributed by atoms with Crippen LogP contribution in [0.15, 0.2) is 18.2 Å². The van der Waals surface area contributed by atoms with Gasteiger partial charge in [-0.2, -0.15) is 0 Å². The van der Waals surface area contributed by atoms with E-state index in [0.717, 1.165) is 32.2 Å². The van der Waals surface area contributed by atoms with Gasteiger partial charge in [-0.25, -0.2) is 4.39 Å². The largest absolute Gasteiger partial charge is 0.314 e. The Labute approximate surface area is 129 Å². The maximum absolute atomic E-state index is 13.3. The predicted octanol–water partition coefficient (Wildman–Crippen LogP) is 2.54. The van der Waals surface area contributed by atoms with E-state index in [4.69, 9.17) is 0 Å². The number of hydrogen-bond acceptors (Lipinski definition) is 4.